The average molecular weight is 327 g/mol. The van der Waals surface area contributed by atoms with Gasteiger partial charge in [-0.1, -0.05) is 0 Å². The Bertz CT molecular complexity index is 664. The van der Waals surface area contributed by atoms with E-state index < -0.39 is 10.0 Å². The fraction of sp³-hybridized carbons (Fsp3) is 0.667. The first-order chi connectivity index (χ1) is 10.2. The van der Waals surface area contributed by atoms with Crippen LogP contribution in [0.5, 0.6) is 0 Å². The lowest BCUT2D eigenvalue weighted by Gasteiger charge is -2.31. The molecule has 1 aliphatic rings. The lowest BCUT2D eigenvalue weighted by atomic mass is 10.1. The van der Waals surface area contributed by atoms with Crippen molar-refractivity contribution in [2.24, 2.45) is 0 Å². The van der Waals surface area contributed by atoms with E-state index in [2.05, 4.69) is 9.88 Å². The number of nitrogens with zero attached hydrogens (tertiary/aromatic N) is 2. The predicted molar refractivity (Wildman–Crippen MR) is 86.5 cm³/mol. The highest BCUT2D eigenvalue weighted by Crippen LogP contribution is 2.17. The van der Waals surface area contributed by atoms with Gasteiger partial charge in [-0.05, 0) is 39.7 Å². The van der Waals surface area contributed by atoms with Crippen LogP contribution in [0.15, 0.2) is 6.07 Å². The molecule has 1 unspecified atom stereocenters. The normalized spacial score (nSPS) is 20.1. The van der Waals surface area contributed by atoms with Crippen molar-refractivity contribution < 1.29 is 13.2 Å². The minimum atomic E-state index is -3.20. The van der Waals surface area contributed by atoms with Crippen molar-refractivity contribution >= 4 is 15.9 Å². The summed E-state index contributed by atoms with van der Waals surface area (Å²) in [5, 5.41) is 2.98. The molecule has 1 fully saturated rings. The van der Waals surface area contributed by atoms with Gasteiger partial charge in [-0.15, -0.1) is 0 Å². The lowest BCUT2D eigenvalue weighted by molar-refractivity contribution is 0.0920. The molecule has 124 valence electrons. The van der Waals surface area contributed by atoms with Crippen molar-refractivity contribution in [3.8, 4) is 0 Å². The molecule has 0 spiro atoms. The Kier molecular flexibility index (Phi) is 4.97. The molecular weight excluding hydrogens is 302 g/mol. The van der Waals surface area contributed by atoms with Crippen LogP contribution in [0.1, 0.15) is 41.5 Å². The molecule has 22 heavy (non-hydrogen) atoms. The number of piperidine rings is 1. The van der Waals surface area contributed by atoms with E-state index in [-0.39, 0.29) is 11.9 Å². The Hall–Kier alpha value is -1.34. The van der Waals surface area contributed by atoms with Crippen LogP contribution >= 0.6 is 0 Å². The van der Waals surface area contributed by atoms with Crippen LogP contribution < -0.4 is 5.32 Å². The summed E-state index contributed by atoms with van der Waals surface area (Å²) in [5.74, 6) is -0.117. The summed E-state index contributed by atoms with van der Waals surface area (Å²) < 4.78 is 26.8. The van der Waals surface area contributed by atoms with E-state index in [9.17, 15) is 13.2 Å². The summed E-state index contributed by atoms with van der Waals surface area (Å²) >= 11 is 0. The summed E-state index contributed by atoms with van der Waals surface area (Å²) in [6.45, 7) is 7.70. The quantitative estimate of drug-likeness (QED) is 0.905. The van der Waals surface area contributed by atoms with Crippen LogP contribution in [-0.2, 0) is 16.6 Å². The standard InChI is InChI=1S/C15H25N3O3S/c1-5-18-11(2)9-14(12(18)3)15(19)16-13-7-6-8-17(10-13)22(4,20)21/h9,13H,5-8,10H2,1-4H3,(H,16,19). The second-order valence-corrected chi connectivity index (χ2v) is 7.95. The van der Waals surface area contributed by atoms with E-state index in [1.165, 1.54) is 10.6 Å². The Labute approximate surface area is 132 Å². The lowest BCUT2D eigenvalue weighted by Crippen LogP contribution is -2.49. The second-order valence-electron chi connectivity index (χ2n) is 5.96. The molecule has 7 heteroatoms. The van der Waals surface area contributed by atoms with Crippen LogP contribution in [0.3, 0.4) is 0 Å². The molecule has 1 aromatic heterocycles. The molecule has 0 aromatic carbocycles. The first-order valence-electron chi connectivity index (χ1n) is 7.66. The van der Waals surface area contributed by atoms with Gasteiger partial charge in [-0.2, -0.15) is 0 Å². The Morgan fingerprint density at radius 1 is 1.41 bits per heavy atom. The van der Waals surface area contributed by atoms with E-state index in [0.717, 1.165) is 30.8 Å². The Morgan fingerprint density at radius 2 is 2.09 bits per heavy atom. The van der Waals surface area contributed by atoms with Gasteiger partial charge in [0.2, 0.25) is 10.0 Å². The number of aryl methyl sites for hydroxylation is 1. The van der Waals surface area contributed by atoms with Gasteiger partial charge in [0.25, 0.3) is 5.91 Å². The average Bonchev–Trinajstić information content (AvgIpc) is 2.73. The van der Waals surface area contributed by atoms with Crippen LogP contribution in [0, 0.1) is 13.8 Å². The number of carbonyl (C=O) groups excluding carboxylic acids is 1. The maximum absolute atomic E-state index is 12.5. The number of nitrogens with one attached hydrogen (secondary N) is 1. The third-order valence-corrected chi connectivity index (χ3v) is 5.59. The van der Waals surface area contributed by atoms with Gasteiger partial charge in [-0.25, -0.2) is 12.7 Å². The van der Waals surface area contributed by atoms with Crippen LogP contribution in [0.4, 0.5) is 0 Å². The zero-order chi connectivity index (χ0) is 16.5. The monoisotopic (exact) mass is 327 g/mol. The Morgan fingerprint density at radius 3 is 2.64 bits per heavy atom. The molecule has 1 amide bonds. The number of amides is 1. The maximum atomic E-state index is 12.5. The fourth-order valence-corrected chi connectivity index (χ4v) is 4.05. The molecule has 2 rings (SSSR count). The van der Waals surface area contributed by atoms with Crippen molar-refractivity contribution in [2.45, 2.75) is 46.2 Å². The second kappa shape index (κ2) is 6.42. The first kappa shape index (κ1) is 17.0. The zero-order valence-corrected chi connectivity index (χ0v) is 14.5. The van der Waals surface area contributed by atoms with Gasteiger partial charge < -0.3 is 9.88 Å². The van der Waals surface area contributed by atoms with Crippen molar-refractivity contribution in [1.82, 2.24) is 14.2 Å². The van der Waals surface area contributed by atoms with Gasteiger partial charge in [0.1, 0.15) is 0 Å². The van der Waals surface area contributed by atoms with E-state index in [1.807, 2.05) is 26.8 Å². The molecule has 0 radical (unpaired) electrons. The summed E-state index contributed by atoms with van der Waals surface area (Å²) in [6.07, 6.45) is 2.79. The maximum Gasteiger partial charge on any atom is 0.253 e. The van der Waals surface area contributed by atoms with Crippen molar-refractivity contribution in [2.75, 3.05) is 19.3 Å². The number of rotatable bonds is 4. The summed E-state index contributed by atoms with van der Waals surface area (Å²) in [5.41, 5.74) is 2.69. The van der Waals surface area contributed by atoms with Crippen LogP contribution in [0.2, 0.25) is 0 Å². The minimum absolute atomic E-state index is 0.117. The highest BCUT2D eigenvalue weighted by molar-refractivity contribution is 7.88. The molecule has 0 saturated carbocycles. The highest BCUT2D eigenvalue weighted by atomic mass is 32.2. The number of hydrogen-bond donors (Lipinski definition) is 1. The molecule has 6 nitrogen and oxygen atoms in total. The van der Waals surface area contributed by atoms with Gasteiger partial charge in [0.15, 0.2) is 0 Å². The summed E-state index contributed by atoms with van der Waals surface area (Å²) in [6, 6.07) is 1.77. The van der Waals surface area contributed by atoms with E-state index in [0.29, 0.717) is 18.7 Å². The zero-order valence-electron chi connectivity index (χ0n) is 13.7. The van der Waals surface area contributed by atoms with Crippen molar-refractivity contribution in [1.29, 1.82) is 0 Å². The SMILES string of the molecule is CCn1c(C)cc(C(=O)NC2CCCN(S(C)(=O)=O)C2)c1C. The largest absolute Gasteiger partial charge is 0.349 e. The van der Waals surface area contributed by atoms with Crippen LogP contribution in [-0.4, -0.2) is 48.6 Å². The van der Waals surface area contributed by atoms with Gasteiger partial charge in [-0.3, -0.25) is 4.79 Å². The van der Waals surface area contributed by atoms with E-state index in [1.54, 1.807) is 0 Å². The van der Waals surface area contributed by atoms with Gasteiger partial charge in [0, 0.05) is 37.1 Å². The first-order valence-corrected chi connectivity index (χ1v) is 9.51. The number of hydrogen-bond acceptors (Lipinski definition) is 3. The molecule has 0 aliphatic carbocycles. The molecular formula is C15H25N3O3S. The molecule has 1 saturated heterocycles. The number of sulfonamides is 1. The molecule has 1 N–H and O–H groups in total. The van der Waals surface area contributed by atoms with E-state index in [4.69, 9.17) is 0 Å². The highest BCUT2D eigenvalue weighted by Gasteiger charge is 2.27. The smallest absolute Gasteiger partial charge is 0.253 e. The van der Waals surface area contributed by atoms with Crippen molar-refractivity contribution in [3.05, 3.63) is 23.0 Å². The van der Waals surface area contributed by atoms with E-state index >= 15 is 0 Å². The fourth-order valence-electron chi connectivity index (χ4n) is 3.14. The summed E-state index contributed by atoms with van der Waals surface area (Å²) in [7, 11) is -3.20. The van der Waals surface area contributed by atoms with Crippen LogP contribution in [0.25, 0.3) is 0 Å². The minimum Gasteiger partial charge on any atom is -0.349 e. The number of carbonyl (C=O) groups is 1. The summed E-state index contributed by atoms with van der Waals surface area (Å²) in [4.78, 5) is 12.5. The van der Waals surface area contributed by atoms with Gasteiger partial charge >= 0.3 is 0 Å². The third kappa shape index (κ3) is 3.52. The molecule has 1 aliphatic heterocycles. The predicted octanol–water partition coefficient (Wildman–Crippen LogP) is 1.28. The van der Waals surface area contributed by atoms with Crippen molar-refractivity contribution in [3.63, 3.8) is 0 Å². The Balaban J connectivity index is 2.09. The molecule has 2 heterocycles. The molecule has 0 bridgehead atoms. The topological polar surface area (TPSA) is 71.4 Å². The van der Waals surface area contributed by atoms with Gasteiger partial charge in [0.05, 0.1) is 11.8 Å². The molecule has 1 atom stereocenters. The third-order valence-electron chi connectivity index (χ3n) is 4.32. The molecule has 1 aromatic rings. The number of aromatic nitrogens is 1.